The van der Waals surface area contributed by atoms with Crippen LogP contribution in [0.25, 0.3) is 11.0 Å². The van der Waals surface area contributed by atoms with Crippen LogP contribution in [0.1, 0.15) is 17.2 Å². The smallest absolute Gasteiger partial charge is 0.231 e. The Labute approximate surface area is 173 Å². The highest BCUT2D eigenvalue weighted by Crippen LogP contribution is 2.49. The number of nitrogens with one attached hydrogen (secondary N) is 1. The van der Waals surface area contributed by atoms with Crippen molar-refractivity contribution in [2.24, 2.45) is 0 Å². The number of hydrogen-bond donors (Lipinski definition) is 1. The van der Waals surface area contributed by atoms with Crippen LogP contribution < -0.4 is 14.2 Å². The molecule has 0 radical (unpaired) electrons. The van der Waals surface area contributed by atoms with Crippen molar-refractivity contribution in [3.05, 3.63) is 41.5 Å². The van der Waals surface area contributed by atoms with Crippen LogP contribution in [0.5, 0.6) is 17.2 Å². The fourth-order valence-corrected chi connectivity index (χ4v) is 4.49. The highest BCUT2D eigenvalue weighted by molar-refractivity contribution is 7.99. The van der Waals surface area contributed by atoms with E-state index in [9.17, 15) is 0 Å². The zero-order valence-electron chi connectivity index (χ0n) is 16.3. The number of rotatable bonds is 3. The second kappa shape index (κ2) is 7.54. The van der Waals surface area contributed by atoms with Gasteiger partial charge in [-0.1, -0.05) is 35.7 Å². The van der Waals surface area contributed by atoms with Gasteiger partial charge in [0.2, 0.25) is 12.5 Å². The number of ether oxygens (including phenoxy) is 3. The lowest BCUT2D eigenvalue weighted by Gasteiger charge is -2.32. The second-order valence-electron chi connectivity index (χ2n) is 7.02. The molecule has 29 heavy (non-hydrogen) atoms. The van der Waals surface area contributed by atoms with Crippen molar-refractivity contribution >= 4 is 22.8 Å². The minimum absolute atomic E-state index is 0.0422. The quantitative estimate of drug-likeness (QED) is 0.529. The molecule has 0 fully saturated rings. The lowest BCUT2D eigenvalue weighted by Crippen LogP contribution is -2.31. The first kappa shape index (κ1) is 18.2. The van der Waals surface area contributed by atoms with Crippen molar-refractivity contribution in [3.63, 3.8) is 0 Å². The van der Waals surface area contributed by atoms with E-state index in [0.29, 0.717) is 11.5 Å². The molecular weight excluding hydrogens is 386 g/mol. The van der Waals surface area contributed by atoms with Crippen molar-refractivity contribution in [3.8, 4) is 29.1 Å². The summed E-state index contributed by atoms with van der Waals surface area (Å²) in [7, 11) is 3.77. The lowest BCUT2D eigenvalue weighted by molar-refractivity contribution is 0.171. The first-order valence-corrected chi connectivity index (χ1v) is 10.5. The molecule has 2 aromatic carbocycles. The monoisotopic (exact) mass is 407 g/mol. The largest absolute Gasteiger partial charge is 0.492 e. The molecule has 0 saturated heterocycles. The summed E-state index contributed by atoms with van der Waals surface area (Å²) in [6, 6.07) is 10.1. The van der Waals surface area contributed by atoms with E-state index in [0.717, 1.165) is 46.2 Å². The van der Waals surface area contributed by atoms with Crippen molar-refractivity contribution in [1.82, 2.24) is 14.9 Å². The average molecular weight is 407 g/mol. The maximum absolute atomic E-state index is 5.72. The van der Waals surface area contributed by atoms with Crippen molar-refractivity contribution in [1.29, 1.82) is 0 Å². The Balaban J connectivity index is 1.39. The highest BCUT2D eigenvalue weighted by Gasteiger charge is 2.33. The zero-order chi connectivity index (χ0) is 19.8. The van der Waals surface area contributed by atoms with E-state index in [-0.39, 0.29) is 12.8 Å². The third-order valence-corrected chi connectivity index (χ3v) is 6.04. The number of nitrogens with zero attached hydrogens (tertiary/aromatic N) is 2. The summed E-state index contributed by atoms with van der Waals surface area (Å²) in [4.78, 5) is 10.2. The molecule has 1 N–H and O–H groups in total. The Morgan fingerprint density at radius 3 is 3.10 bits per heavy atom. The van der Waals surface area contributed by atoms with Gasteiger partial charge in [0, 0.05) is 12.1 Å². The minimum Gasteiger partial charge on any atom is -0.492 e. The van der Waals surface area contributed by atoms with Crippen molar-refractivity contribution < 1.29 is 14.2 Å². The summed E-state index contributed by atoms with van der Waals surface area (Å²) < 4.78 is 17.0. The molecule has 3 aromatic rings. The molecule has 1 unspecified atom stereocenters. The van der Waals surface area contributed by atoms with Gasteiger partial charge in [0.15, 0.2) is 16.7 Å². The number of hydrogen-bond acceptors (Lipinski definition) is 6. The van der Waals surface area contributed by atoms with Crippen LogP contribution in [0.4, 0.5) is 0 Å². The number of para-hydroxylation sites is 2. The molecule has 1 atom stereocenters. The van der Waals surface area contributed by atoms with Gasteiger partial charge >= 0.3 is 0 Å². The van der Waals surface area contributed by atoms with Gasteiger partial charge < -0.3 is 19.2 Å². The number of H-pyrrole nitrogens is 1. The molecule has 0 bridgehead atoms. The molecule has 3 heterocycles. The Hall–Kier alpha value is -2.82. The minimum atomic E-state index is -0.0422. The summed E-state index contributed by atoms with van der Waals surface area (Å²) in [5.74, 6) is 9.60. The van der Waals surface area contributed by atoms with Gasteiger partial charge in [-0.05, 0) is 37.2 Å². The van der Waals surface area contributed by atoms with Gasteiger partial charge in [0.05, 0.1) is 23.9 Å². The summed E-state index contributed by atoms with van der Waals surface area (Å²) in [6.07, 6.45) is 0.935. The number of imidazole rings is 1. The van der Waals surface area contributed by atoms with E-state index in [1.807, 2.05) is 24.3 Å². The molecule has 1 aromatic heterocycles. The third-order valence-electron chi connectivity index (χ3n) is 5.28. The standard InChI is InChI=1S/C22H21N3O3S/c1-25-10-9-14-12-18-20(28-13-27-18)21(26-2)19(14)17(25)8-5-11-29-22-23-15-6-3-4-7-16(15)24-22/h3-4,6-7,12,17H,9-11,13H2,1-2H3,(H,23,24). The number of benzene rings is 2. The summed E-state index contributed by atoms with van der Waals surface area (Å²) >= 11 is 1.61. The van der Waals surface area contributed by atoms with E-state index in [1.165, 1.54) is 5.56 Å². The molecule has 6 nitrogen and oxygen atoms in total. The molecule has 0 aliphatic carbocycles. The van der Waals surface area contributed by atoms with E-state index < -0.39 is 0 Å². The van der Waals surface area contributed by atoms with Crippen LogP contribution in [0.15, 0.2) is 35.5 Å². The van der Waals surface area contributed by atoms with Gasteiger partial charge in [-0.25, -0.2) is 4.98 Å². The van der Waals surface area contributed by atoms with E-state index >= 15 is 0 Å². The molecule has 0 amide bonds. The van der Waals surface area contributed by atoms with Crippen LogP contribution in [0.3, 0.4) is 0 Å². The number of aromatic nitrogens is 2. The molecule has 5 rings (SSSR count). The molecule has 2 aliphatic heterocycles. The number of likely N-dealkylation sites (N-methyl/N-ethyl adjacent to an activating group) is 1. The second-order valence-corrected chi connectivity index (χ2v) is 7.98. The van der Waals surface area contributed by atoms with Gasteiger partial charge in [0.25, 0.3) is 0 Å². The van der Waals surface area contributed by atoms with Crippen LogP contribution in [0.2, 0.25) is 0 Å². The Bertz CT molecular complexity index is 1100. The third kappa shape index (κ3) is 3.28. The normalized spacial score (nSPS) is 17.7. The van der Waals surface area contributed by atoms with Crippen molar-refractivity contribution in [2.45, 2.75) is 17.6 Å². The van der Waals surface area contributed by atoms with Crippen LogP contribution >= 0.6 is 11.8 Å². The Morgan fingerprint density at radius 1 is 1.34 bits per heavy atom. The first-order valence-electron chi connectivity index (χ1n) is 9.50. The van der Waals surface area contributed by atoms with E-state index in [1.54, 1.807) is 18.9 Å². The summed E-state index contributed by atoms with van der Waals surface area (Å²) in [5, 5.41) is 0.888. The van der Waals surface area contributed by atoms with E-state index in [4.69, 9.17) is 14.2 Å². The number of thioether (sulfide) groups is 1. The molecular formula is C22H21N3O3S. The Kier molecular flexibility index (Phi) is 4.74. The zero-order valence-corrected chi connectivity index (χ0v) is 17.1. The van der Waals surface area contributed by atoms with Crippen LogP contribution in [-0.2, 0) is 6.42 Å². The number of fused-ring (bicyclic) bond motifs is 3. The molecule has 0 saturated carbocycles. The van der Waals surface area contributed by atoms with Gasteiger partial charge in [-0.2, -0.15) is 0 Å². The lowest BCUT2D eigenvalue weighted by atomic mass is 9.91. The maximum atomic E-state index is 5.72. The SMILES string of the molecule is COc1c2c(cc3c1C(C#CCSc1nc4ccccc4[nH]1)N(C)CC3)OCO2. The fraction of sp³-hybridized carbons (Fsp3) is 0.318. The van der Waals surface area contributed by atoms with Crippen LogP contribution in [-0.4, -0.2) is 48.1 Å². The van der Waals surface area contributed by atoms with Gasteiger partial charge in [-0.3, -0.25) is 4.90 Å². The van der Waals surface area contributed by atoms with Crippen molar-refractivity contribution in [2.75, 3.05) is 33.2 Å². The number of aromatic amines is 1. The average Bonchev–Trinajstić information content (AvgIpc) is 3.37. The highest BCUT2D eigenvalue weighted by atomic mass is 32.2. The van der Waals surface area contributed by atoms with Gasteiger partial charge in [-0.15, -0.1) is 0 Å². The van der Waals surface area contributed by atoms with Gasteiger partial charge in [0.1, 0.15) is 6.04 Å². The Morgan fingerprint density at radius 2 is 2.24 bits per heavy atom. The molecule has 0 spiro atoms. The van der Waals surface area contributed by atoms with Crippen LogP contribution in [0, 0.1) is 11.8 Å². The van der Waals surface area contributed by atoms with E-state index in [2.05, 4.69) is 39.8 Å². The fourth-order valence-electron chi connectivity index (χ4n) is 3.86. The molecule has 7 heteroatoms. The predicted molar refractivity (Wildman–Crippen MR) is 113 cm³/mol. The first-order chi connectivity index (χ1) is 14.2. The summed E-state index contributed by atoms with van der Waals surface area (Å²) in [5.41, 5.74) is 4.33. The summed E-state index contributed by atoms with van der Waals surface area (Å²) in [6.45, 7) is 1.17. The molecule has 2 aliphatic rings. The maximum Gasteiger partial charge on any atom is 0.231 e. The number of methoxy groups -OCH3 is 1. The topological polar surface area (TPSA) is 59.6 Å². The molecule has 148 valence electrons. The predicted octanol–water partition coefficient (Wildman–Crippen LogP) is 3.62.